The van der Waals surface area contributed by atoms with Gasteiger partial charge in [-0.05, 0) is 85.8 Å². The number of esters is 1. The van der Waals surface area contributed by atoms with Gasteiger partial charge in [-0.2, -0.15) is 0 Å². The van der Waals surface area contributed by atoms with E-state index in [0.717, 1.165) is 55.7 Å². The van der Waals surface area contributed by atoms with Crippen molar-refractivity contribution >= 4 is 29.2 Å². The molecule has 4 atom stereocenters. The molecule has 1 aromatic heterocycles. The van der Waals surface area contributed by atoms with E-state index < -0.39 is 0 Å². The van der Waals surface area contributed by atoms with E-state index in [1.54, 1.807) is 0 Å². The number of methoxy groups -OCH3 is 1. The number of nitrogens with zero attached hydrogens (tertiary/aromatic N) is 2. The summed E-state index contributed by atoms with van der Waals surface area (Å²) in [4.78, 5) is 14.6. The Morgan fingerprint density at radius 2 is 1.74 bits per heavy atom. The monoisotopic (exact) mass is 566 g/mol. The second-order valence-corrected chi connectivity index (χ2v) is 12.4. The second kappa shape index (κ2) is 10.2. The van der Waals surface area contributed by atoms with Crippen molar-refractivity contribution in [2.45, 2.75) is 76.3 Å². The molecule has 0 spiro atoms. The molecule has 1 aliphatic heterocycles. The fourth-order valence-electron chi connectivity index (χ4n) is 7.30. The average Bonchev–Trinajstić information content (AvgIpc) is 3.46. The quantitative estimate of drug-likeness (QED) is 0.277. The zero-order valence-corrected chi connectivity index (χ0v) is 23.5. The highest BCUT2D eigenvalue weighted by atomic mass is 35.5. The molecule has 0 unspecified atom stereocenters. The van der Waals surface area contributed by atoms with Crippen molar-refractivity contribution in [3.8, 4) is 11.3 Å². The van der Waals surface area contributed by atoms with Crippen molar-refractivity contribution in [1.82, 2.24) is 10.1 Å². The summed E-state index contributed by atoms with van der Waals surface area (Å²) in [5, 5.41) is 5.57. The van der Waals surface area contributed by atoms with Crippen LogP contribution >= 0.6 is 23.2 Å². The number of carbonyl (C=O) groups is 1. The summed E-state index contributed by atoms with van der Waals surface area (Å²) < 4.78 is 17.4. The van der Waals surface area contributed by atoms with Crippen molar-refractivity contribution in [1.29, 1.82) is 0 Å². The van der Waals surface area contributed by atoms with Crippen LogP contribution in [0.5, 0.6) is 0 Å². The first-order valence-electron chi connectivity index (χ1n) is 14.0. The molecule has 39 heavy (non-hydrogen) atoms. The van der Waals surface area contributed by atoms with Crippen molar-refractivity contribution < 1.29 is 18.8 Å². The van der Waals surface area contributed by atoms with Crippen LogP contribution in [0.2, 0.25) is 10.0 Å². The van der Waals surface area contributed by atoms with E-state index in [1.807, 2.05) is 30.3 Å². The van der Waals surface area contributed by atoms with Gasteiger partial charge >= 0.3 is 5.97 Å². The molecule has 6 nitrogen and oxygen atoms in total. The maximum atomic E-state index is 12.0. The van der Waals surface area contributed by atoms with Gasteiger partial charge in [-0.15, -0.1) is 0 Å². The van der Waals surface area contributed by atoms with Crippen LogP contribution in [0.15, 0.2) is 40.9 Å². The van der Waals surface area contributed by atoms with Crippen LogP contribution in [0.1, 0.15) is 77.3 Å². The Morgan fingerprint density at radius 1 is 1.03 bits per heavy atom. The Morgan fingerprint density at radius 3 is 2.44 bits per heavy atom. The lowest BCUT2D eigenvalue weighted by atomic mass is 9.81. The van der Waals surface area contributed by atoms with Gasteiger partial charge in [0.25, 0.3) is 0 Å². The third-order valence-electron chi connectivity index (χ3n) is 9.23. The highest BCUT2D eigenvalue weighted by Crippen LogP contribution is 2.49. The Kier molecular flexibility index (Phi) is 6.71. The lowest BCUT2D eigenvalue weighted by Gasteiger charge is -2.40. The van der Waals surface area contributed by atoms with Crippen LogP contribution in [0.4, 0.5) is 0 Å². The minimum Gasteiger partial charge on any atom is -0.465 e. The average molecular weight is 568 g/mol. The topological polar surface area (TPSA) is 64.8 Å². The smallest absolute Gasteiger partial charge is 0.337 e. The van der Waals surface area contributed by atoms with E-state index in [2.05, 4.69) is 16.1 Å². The summed E-state index contributed by atoms with van der Waals surface area (Å²) in [6, 6.07) is 12.1. The maximum absolute atomic E-state index is 12.0. The molecule has 2 heterocycles. The summed E-state index contributed by atoms with van der Waals surface area (Å²) in [5.74, 6) is 2.30. The van der Waals surface area contributed by atoms with E-state index >= 15 is 0 Å². The lowest BCUT2D eigenvalue weighted by molar-refractivity contribution is -0.0334. The van der Waals surface area contributed by atoms with Crippen molar-refractivity contribution in [2.75, 3.05) is 7.11 Å². The largest absolute Gasteiger partial charge is 0.465 e. The molecule has 2 aromatic carbocycles. The molecule has 0 radical (unpaired) electrons. The van der Waals surface area contributed by atoms with Crippen LogP contribution < -0.4 is 0 Å². The summed E-state index contributed by atoms with van der Waals surface area (Å²) >= 11 is 13.1. The number of rotatable bonds is 7. The van der Waals surface area contributed by atoms with Gasteiger partial charge in [-0.25, -0.2) is 4.79 Å². The van der Waals surface area contributed by atoms with Gasteiger partial charge in [-0.1, -0.05) is 40.5 Å². The number of carbonyl (C=O) groups excluding carboxylic acids is 1. The molecule has 3 aromatic rings. The molecule has 0 N–H and O–H groups in total. The molecule has 3 aliphatic carbocycles. The number of hydrogen-bond acceptors (Lipinski definition) is 6. The highest BCUT2D eigenvalue weighted by molar-refractivity contribution is 6.39. The van der Waals surface area contributed by atoms with Gasteiger partial charge in [0.05, 0.1) is 35.4 Å². The number of ether oxygens (including phenoxy) is 2. The minimum atomic E-state index is -0.272. The molecule has 8 heteroatoms. The van der Waals surface area contributed by atoms with E-state index in [4.69, 9.17) is 37.2 Å². The van der Waals surface area contributed by atoms with Crippen molar-refractivity contribution in [3.05, 3.63) is 74.5 Å². The predicted octanol–water partition coefficient (Wildman–Crippen LogP) is 7.40. The number of benzene rings is 2. The van der Waals surface area contributed by atoms with Crippen LogP contribution in [0, 0.1) is 11.8 Å². The number of fused-ring (bicyclic) bond motifs is 3. The number of halogens is 2. The first-order valence-corrected chi connectivity index (χ1v) is 14.7. The molecular weight excluding hydrogens is 535 g/mol. The summed E-state index contributed by atoms with van der Waals surface area (Å²) in [6.07, 6.45) is 7.07. The Hall–Kier alpha value is -2.38. The molecule has 204 valence electrons. The van der Waals surface area contributed by atoms with Gasteiger partial charge in [0, 0.05) is 36.2 Å². The summed E-state index contributed by atoms with van der Waals surface area (Å²) in [7, 11) is 1.43. The lowest BCUT2D eigenvalue weighted by Crippen LogP contribution is -2.44. The zero-order chi connectivity index (χ0) is 26.7. The van der Waals surface area contributed by atoms with E-state index in [1.165, 1.54) is 31.1 Å². The Bertz CT molecular complexity index is 1380. The third-order valence-corrected chi connectivity index (χ3v) is 9.86. The molecular formula is C31H32Cl2N2O4. The maximum Gasteiger partial charge on any atom is 0.337 e. The molecule has 2 bridgehead atoms. The van der Waals surface area contributed by atoms with E-state index in [-0.39, 0.29) is 12.1 Å². The first-order chi connectivity index (χ1) is 19.0. The summed E-state index contributed by atoms with van der Waals surface area (Å²) in [6.45, 7) is 2.32. The van der Waals surface area contributed by atoms with Crippen molar-refractivity contribution in [2.24, 2.45) is 11.8 Å². The first kappa shape index (κ1) is 25.6. The fraction of sp³-hybridized carbons (Fsp3) is 0.484. The normalized spacial score (nSPS) is 26.1. The Balaban J connectivity index is 1.05. The third kappa shape index (κ3) is 4.69. The fourth-order valence-corrected chi connectivity index (χ4v) is 7.88. The van der Waals surface area contributed by atoms with Gasteiger partial charge in [0.1, 0.15) is 11.5 Å². The van der Waals surface area contributed by atoms with E-state index in [9.17, 15) is 4.79 Å². The molecule has 7 rings (SSSR count). The highest BCUT2D eigenvalue weighted by Gasteiger charge is 2.47. The molecule has 3 fully saturated rings. The molecule has 0 amide bonds. The molecule has 3 saturated carbocycles. The van der Waals surface area contributed by atoms with Gasteiger partial charge in [-0.3, -0.25) is 4.90 Å². The van der Waals surface area contributed by atoms with Crippen LogP contribution in [0.25, 0.3) is 11.3 Å². The van der Waals surface area contributed by atoms with Gasteiger partial charge in [0.15, 0.2) is 0 Å². The van der Waals surface area contributed by atoms with Crippen LogP contribution in [-0.2, 0) is 29.2 Å². The number of hydrogen-bond donors (Lipinski definition) is 0. The van der Waals surface area contributed by atoms with Crippen LogP contribution in [-0.4, -0.2) is 35.3 Å². The zero-order valence-electron chi connectivity index (χ0n) is 22.0. The molecule has 0 saturated heterocycles. The Labute approximate surface area is 238 Å². The van der Waals surface area contributed by atoms with E-state index in [0.29, 0.717) is 51.7 Å². The standard InChI is InChI=1S/C31H32Cl2N2O4/c1-37-31(36)20-9-10-21-14-35(15-22(21)11-20)29-18-7-8-19(29)13-23(12-18)38-16-24-28(34-39-30(24)17-5-6-17)27-25(32)3-2-4-26(27)33/h2-4,9-11,17-19,23,29H,5-8,12-16H2,1H3/t18-,19+,23-,29-. The van der Waals surface area contributed by atoms with Gasteiger partial charge < -0.3 is 14.0 Å². The SMILES string of the molecule is COC(=O)c1ccc2c(c1)CN([C@@H]1[C@@H]3CC[C@H]1C[C@H](OCc1c(-c4c(Cl)cccc4Cl)noc1C1CC1)C3)C2. The predicted molar refractivity (Wildman–Crippen MR) is 149 cm³/mol. The van der Waals surface area contributed by atoms with Crippen molar-refractivity contribution in [3.63, 3.8) is 0 Å². The second-order valence-electron chi connectivity index (χ2n) is 11.6. The minimum absolute atomic E-state index is 0.214. The number of aromatic nitrogens is 1. The summed E-state index contributed by atoms with van der Waals surface area (Å²) in [5.41, 5.74) is 5.65. The molecule has 4 aliphatic rings. The van der Waals surface area contributed by atoms with Crippen LogP contribution in [0.3, 0.4) is 0 Å². The van der Waals surface area contributed by atoms with Gasteiger partial charge in [0.2, 0.25) is 0 Å².